The Labute approximate surface area is 128 Å². The molecule has 0 aliphatic carbocycles. The summed E-state index contributed by atoms with van der Waals surface area (Å²) in [5.74, 6) is -0.295. The minimum Gasteiger partial charge on any atom is -0.379 e. The minimum atomic E-state index is -0.295. The van der Waals surface area contributed by atoms with Crippen molar-refractivity contribution in [1.29, 1.82) is 0 Å². The van der Waals surface area contributed by atoms with E-state index in [4.69, 9.17) is 11.6 Å². The summed E-state index contributed by atoms with van der Waals surface area (Å²) in [5, 5.41) is 3.79. The lowest BCUT2D eigenvalue weighted by atomic mass is 10.3. The molecule has 0 saturated heterocycles. The van der Waals surface area contributed by atoms with Gasteiger partial charge in [0.05, 0.1) is 21.7 Å². The molecule has 1 aromatic carbocycles. The van der Waals surface area contributed by atoms with Gasteiger partial charge in [0.15, 0.2) is 0 Å². The van der Waals surface area contributed by atoms with Gasteiger partial charge in [-0.25, -0.2) is 9.37 Å². The molecule has 20 heavy (non-hydrogen) atoms. The van der Waals surface area contributed by atoms with Crippen molar-refractivity contribution in [2.45, 2.75) is 6.54 Å². The lowest BCUT2D eigenvalue weighted by Gasteiger charge is -2.04. The lowest BCUT2D eigenvalue weighted by molar-refractivity contribution is 0.621. The first-order valence-electron chi connectivity index (χ1n) is 5.94. The average Bonchev–Trinajstić information content (AvgIpc) is 2.82. The summed E-state index contributed by atoms with van der Waals surface area (Å²) in [4.78, 5) is 4.45. The van der Waals surface area contributed by atoms with Crippen LogP contribution < -0.4 is 5.32 Å². The quantitative estimate of drug-likeness (QED) is 0.750. The summed E-state index contributed by atoms with van der Waals surface area (Å²) in [5.41, 5.74) is 2.39. The first-order valence-corrected chi connectivity index (χ1v) is 7.11. The first kappa shape index (κ1) is 13.4. The van der Waals surface area contributed by atoms with Crippen LogP contribution in [-0.4, -0.2) is 9.38 Å². The number of halogens is 3. The topological polar surface area (TPSA) is 29.3 Å². The monoisotopic (exact) mass is 353 g/mol. The Balaban J connectivity index is 1.77. The number of aromatic nitrogens is 2. The number of rotatable bonds is 3. The van der Waals surface area contributed by atoms with Gasteiger partial charge in [0.1, 0.15) is 11.5 Å². The molecular formula is C14H10BrClFN3. The maximum Gasteiger partial charge on any atom is 0.139 e. The first-order chi connectivity index (χ1) is 9.61. The molecule has 0 radical (unpaired) electrons. The van der Waals surface area contributed by atoms with Crippen LogP contribution in [0.2, 0.25) is 5.02 Å². The van der Waals surface area contributed by atoms with Gasteiger partial charge in [0, 0.05) is 18.1 Å². The molecule has 0 unspecified atom stereocenters. The van der Waals surface area contributed by atoms with Crippen LogP contribution in [0.1, 0.15) is 5.69 Å². The van der Waals surface area contributed by atoms with Crippen molar-refractivity contribution >= 4 is 38.9 Å². The molecule has 0 saturated carbocycles. The van der Waals surface area contributed by atoms with E-state index in [9.17, 15) is 4.39 Å². The van der Waals surface area contributed by atoms with Gasteiger partial charge in [0.25, 0.3) is 0 Å². The van der Waals surface area contributed by atoms with Crippen molar-refractivity contribution in [3.63, 3.8) is 0 Å². The molecule has 2 aromatic heterocycles. The fourth-order valence-corrected chi connectivity index (χ4v) is 2.32. The number of hydrogen-bond acceptors (Lipinski definition) is 2. The molecule has 0 fully saturated rings. The summed E-state index contributed by atoms with van der Waals surface area (Å²) < 4.78 is 15.7. The third-order valence-corrected chi connectivity index (χ3v) is 3.72. The number of nitrogens with zero attached hydrogens (tertiary/aromatic N) is 2. The van der Waals surface area contributed by atoms with Gasteiger partial charge in [0.2, 0.25) is 0 Å². The normalized spacial score (nSPS) is 10.9. The van der Waals surface area contributed by atoms with Gasteiger partial charge in [-0.2, -0.15) is 0 Å². The molecule has 102 valence electrons. The second-order valence-electron chi connectivity index (χ2n) is 4.33. The molecule has 0 bridgehead atoms. The largest absolute Gasteiger partial charge is 0.379 e. The number of nitrogens with one attached hydrogen (secondary N) is 1. The van der Waals surface area contributed by atoms with E-state index >= 15 is 0 Å². The fourth-order valence-electron chi connectivity index (χ4n) is 1.90. The number of anilines is 1. The zero-order valence-corrected chi connectivity index (χ0v) is 12.6. The molecule has 1 N–H and O–H groups in total. The van der Waals surface area contributed by atoms with Crippen LogP contribution >= 0.6 is 27.5 Å². The molecule has 0 amide bonds. The summed E-state index contributed by atoms with van der Waals surface area (Å²) in [6, 6.07) is 8.56. The number of hydrogen-bond donors (Lipinski definition) is 1. The average molecular weight is 355 g/mol. The van der Waals surface area contributed by atoms with E-state index in [1.54, 1.807) is 24.4 Å². The van der Waals surface area contributed by atoms with Gasteiger partial charge < -0.3 is 9.72 Å². The Morgan fingerprint density at radius 1 is 1.25 bits per heavy atom. The maximum atomic E-state index is 13.4. The van der Waals surface area contributed by atoms with Gasteiger partial charge in [-0.1, -0.05) is 11.6 Å². The lowest BCUT2D eigenvalue weighted by Crippen LogP contribution is -1.99. The van der Waals surface area contributed by atoms with Crippen molar-refractivity contribution in [3.05, 3.63) is 63.7 Å². The highest BCUT2D eigenvalue weighted by Crippen LogP contribution is 2.20. The van der Waals surface area contributed by atoms with Crippen LogP contribution in [0.5, 0.6) is 0 Å². The van der Waals surface area contributed by atoms with Crippen LogP contribution in [0.3, 0.4) is 0 Å². The maximum absolute atomic E-state index is 13.4. The predicted octanol–water partition coefficient (Wildman–Crippen LogP) is 4.50. The van der Waals surface area contributed by atoms with E-state index in [1.807, 2.05) is 16.7 Å². The van der Waals surface area contributed by atoms with Crippen LogP contribution in [-0.2, 0) is 6.54 Å². The summed E-state index contributed by atoms with van der Waals surface area (Å²) >= 11 is 9.05. The molecular weight excluding hydrogens is 345 g/mol. The van der Waals surface area contributed by atoms with Crippen molar-refractivity contribution < 1.29 is 4.39 Å². The Morgan fingerprint density at radius 2 is 2.10 bits per heavy atom. The van der Waals surface area contributed by atoms with E-state index in [0.29, 0.717) is 21.7 Å². The molecule has 6 heteroatoms. The summed E-state index contributed by atoms with van der Waals surface area (Å²) in [6.45, 7) is 0.514. The second kappa shape index (κ2) is 5.42. The number of imidazole rings is 1. The van der Waals surface area contributed by atoms with Crippen LogP contribution in [0.4, 0.5) is 10.1 Å². The standard InChI is InChI=1S/C14H10BrClFN3/c15-12-3-2-10(5-13(12)17)18-6-11-8-20-7-9(16)1-4-14(20)19-11/h1-5,7-8,18H,6H2. The molecule has 3 nitrogen and oxygen atoms in total. The molecule has 0 spiro atoms. The highest BCUT2D eigenvalue weighted by molar-refractivity contribution is 9.10. The Bertz CT molecular complexity index is 772. The minimum absolute atomic E-state index is 0.295. The van der Waals surface area contributed by atoms with Crippen LogP contribution in [0.25, 0.3) is 5.65 Å². The van der Waals surface area contributed by atoms with Gasteiger partial charge >= 0.3 is 0 Å². The molecule has 0 aliphatic rings. The van der Waals surface area contributed by atoms with Crippen molar-refractivity contribution in [1.82, 2.24) is 9.38 Å². The second-order valence-corrected chi connectivity index (χ2v) is 5.62. The smallest absolute Gasteiger partial charge is 0.139 e. The van der Waals surface area contributed by atoms with Crippen molar-refractivity contribution in [2.24, 2.45) is 0 Å². The van der Waals surface area contributed by atoms with E-state index in [0.717, 1.165) is 11.3 Å². The third-order valence-electron chi connectivity index (χ3n) is 2.86. The molecule has 3 rings (SSSR count). The van der Waals surface area contributed by atoms with Crippen LogP contribution in [0.15, 0.2) is 47.2 Å². The van der Waals surface area contributed by atoms with E-state index in [-0.39, 0.29) is 5.82 Å². The van der Waals surface area contributed by atoms with Crippen LogP contribution in [0, 0.1) is 5.82 Å². The Hall–Kier alpha value is -1.59. The highest BCUT2D eigenvalue weighted by Gasteiger charge is 2.04. The predicted molar refractivity (Wildman–Crippen MR) is 81.6 cm³/mol. The summed E-state index contributed by atoms with van der Waals surface area (Å²) in [6.07, 6.45) is 3.69. The zero-order chi connectivity index (χ0) is 14.1. The molecule has 0 aliphatic heterocycles. The van der Waals surface area contributed by atoms with E-state index in [1.165, 1.54) is 6.07 Å². The van der Waals surface area contributed by atoms with Gasteiger partial charge in [-0.3, -0.25) is 0 Å². The van der Waals surface area contributed by atoms with Crippen molar-refractivity contribution in [3.8, 4) is 0 Å². The van der Waals surface area contributed by atoms with Gasteiger partial charge in [-0.05, 0) is 46.3 Å². The summed E-state index contributed by atoms with van der Waals surface area (Å²) in [7, 11) is 0. The van der Waals surface area contributed by atoms with Crippen molar-refractivity contribution in [2.75, 3.05) is 5.32 Å². The molecule has 2 heterocycles. The zero-order valence-electron chi connectivity index (χ0n) is 10.3. The highest BCUT2D eigenvalue weighted by atomic mass is 79.9. The number of benzene rings is 1. The van der Waals surface area contributed by atoms with E-state index in [2.05, 4.69) is 26.2 Å². The number of fused-ring (bicyclic) bond motifs is 1. The number of pyridine rings is 1. The molecule has 3 aromatic rings. The Kier molecular flexibility index (Phi) is 3.63. The molecule has 0 atom stereocenters. The third kappa shape index (κ3) is 2.78. The van der Waals surface area contributed by atoms with Gasteiger partial charge in [-0.15, -0.1) is 0 Å². The fraction of sp³-hybridized carbons (Fsp3) is 0.0714. The SMILES string of the molecule is Fc1cc(NCc2cn3cc(Cl)ccc3n2)ccc1Br. The Morgan fingerprint density at radius 3 is 2.90 bits per heavy atom. The van der Waals surface area contributed by atoms with E-state index < -0.39 is 0 Å².